The summed E-state index contributed by atoms with van der Waals surface area (Å²) in [5, 5.41) is 3.21. The Balaban J connectivity index is 2.32. The number of nitrogens with one attached hydrogen (secondary N) is 2. The van der Waals surface area contributed by atoms with Gasteiger partial charge in [-0.15, -0.1) is 0 Å². The van der Waals surface area contributed by atoms with Crippen molar-refractivity contribution >= 4 is 10.0 Å². The Morgan fingerprint density at radius 1 is 1.50 bits per heavy atom. The third kappa shape index (κ3) is 5.27. The van der Waals surface area contributed by atoms with Gasteiger partial charge in [0.2, 0.25) is 10.0 Å². The molecule has 2 N–H and O–H groups in total. The number of hydrogen-bond donors (Lipinski definition) is 2. The Kier molecular flexibility index (Phi) is 5.72. The van der Waals surface area contributed by atoms with Crippen LogP contribution < -0.4 is 10.0 Å². The van der Waals surface area contributed by atoms with Crippen molar-refractivity contribution in [2.45, 2.75) is 58.0 Å². The summed E-state index contributed by atoms with van der Waals surface area (Å²) in [5.74, 6) is 0.226. The van der Waals surface area contributed by atoms with E-state index in [9.17, 15) is 8.42 Å². The number of hydrogen-bond acceptors (Lipinski definition) is 3. The summed E-state index contributed by atoms with van der Waals surface area (Å²) in [5.41, 5.74) is 0. The Bertz CT molecular complexity index is 284. The zero-order valence-electron chi connectivity index (χ0n) is 10.3. The maximum atomic E-state index is 11.8. The van der Waals surface area contributed by atoms with Crippen LogP contribution in [0.1, 0.15) is 46.0 Å². The van der Waals surface area contributed by atoms with E-state index in [1.807, 2.05) is 6.92 Å². The lowest BCUT2D eigenvalue weighted by molar-refractivity contribution is 0.525. The zero-order chi connectivity index (χ0) is 12.0. The van der Waals surface area contributed by atoms with E-state index in [0.717, 1.165) is 38.6 Å². The van der Waals surface area contributed by atoms with Crippen LogP contribution >= 0.6 is 0 Å². The number of sulfonamides is 1. The average molecular weight is 248 g/mol. The van der Waals surface area contributed by atoms with Gasteiger partial charge in [-0.25, -0.2) is 13.1 Å². The minimum absolute atomic E-state index is 0.0614. The van der Waals surface area contributed by atoms with Crippen LogP contribution in [0.4, 0.5) is 0 Å². The van der Waals surface area contributed by atoms with Crippen LogP contribution in [0.3, 0.4) is 0 Å². The van der Waals surface area contributed by atoms with Crippen molar-refractivity contribution in [3.05, 3.63) is 0 Å². The smallest absolute Gasteiger partial charge is 0.213 e. The van der Waals surface area contributed by atoms with Crippen LogP contribution in [0.2, 0.25) is 0 Å². The minimum Gasteiger partial charge on any atom is -0.313 e. The molecule has 0 spiro atoms. The molecule has 2 atom stereocenters. The second-order valence-electron chi connectivity index (χ2n) is 4.74. The molecule has 4 nitrogen and oxygen atoms in total. The van der Waals surface area contributed by atoms with E-state index in [-0.39, 0.29) is 17.8 Å². The van der Waals surface area contributed by atoms with Crippen molar-refractivity contribution in [3.8, 4) is 0 Å². The van der Waals surface area contributed by atoms with E-state index in [4.69, 9.17) is 0 Å². The summed E-state index contributed by atoms with van der Waals surface area (Å²) in [4.78, 5) is 0. The van der Waals surface area contributed by atoms with Gasteiger partial charge >= 0.3 is 0 Å². The molecule has 0 aromatic heterocycles. The monoisotopic (exact) mass is 248 g/mol. The zero-order valence-corrected chi connectivity index (χ0v) is 11.1. The summed E-state index contributed by atoms with van der Waals surface area (Å²) in [6.07, 6.45) is 5.17. The molecule has 1 fully saturated rings. The molecule has 2 unspecified atom stereocenters. The first-order chi connectivity index (χ1) is 7.53. The molecule has 5 heteroatoms. The molecule has 0 amide bonds. The van der Waals surface area contributed by atoms with Crippen LogP contribution in [0.15, 0.2) is 0 Å². The van der Waals surface area contributed by atoms with E-state index >= 15 is 0 Å². The van der Waals surface area contributed by atoms with Crippen LogP contribution in [0.25, 0.3) is 0 Å². The van der Waals surface area contributed by atoms with Crippen LogP contribution in [-0.2, 0) is 10.0 Å². The van der Waals surface area contributed by atoms with Crippen molar-refractivity contribution in [2.75, 3.05) is 12.3 Å². The first-order valence-corrected chi connectivity index (χ1v) is 7.92. The molecule has 0 aliphatic carbocycles. The van der Waals surface area contributed by atoms with Crippen molar-refractivity contribution in [1.29, 1.82) is 0 Å². The highest BCUT2D eigenvalue weighted by atomic mass is 32.2. The highest BCUT2D eigenvalue weighted by Gasteiger charge is 2.22. The van der Waals surface area contributed by atoms with E-state index in [1.54, 1.807) is 0 Å². The Labute approximate surface area is 99.2 Å². The summed E-state index contributed by atoms with van der Waals surface area (Å²) in [7, 11) is -3.11. The molecule has 1 saturated heterocycles. The number of rotatable bonds is 7. The Morgan fingerprint density at radius 2 is 2.25 bits per heavy atom. The van der Waals surface area contributed by atoms with Gasteiger partial charge < -0.3 is 5.32 Å². The van der Waals surface area contributed by atoms with Crippen molar-refractivity contribution < 1.29 is 8.42 Å². The summed E-state index contributed by atoms with van der Waals surface area (Å²) >= 11 is 0. The topological polar surface area (TPSA) is 58.2 Å². The predicted octanol–water partition coefficient (Wildman–Crippen LogP) is 1.24. The molecule has 1 aliphatic rings. The first-order valence-electron chi connectivity index (χ1n) is 6.27. The largest absolute Gasteiger partial charge is 0.313 e. The molecule has 0 aromatic rings. The maximum Gasteiger partial charge on any atom is 0.213 e. The molecule has 16 heavy (non-hydrogen) atoms. The van der Waals surface area contributed by atoms with Gasteiger partial charge in [0.1, 0.15) is 0 Å². The minimum atomic E-state index is -3.11. The van der Waals surface area contributed by atoms with Crippen LogP contribution in [-0.4, -0.2) is 32.8 Å². The van der Waals surface area contributed by atoms with Gasteiger partial charge in [-0.1, -0.05) is 19.8 Å². The molecule has 0 radical (unpaired) electrons. The fourth-order valence-corrected chi connectivity index (χ4v) is 3.73. The predicted molar refractivity (Wildman–Crippen MR) is 66.9 cm³/mol. The van der Waals surface area contributed by atoms with Gasteiger partial charge in [-0.2, -0.15) is 0 Å². The molecular weight excluding hydrogens is 224 g/mol. The quantitative estimate of drug-likeness (QED) is 0.712. The van der Waals surface area contributed by atoms with Gasteiger partial charge in [0.05, 0.1) is 5.75 Å². The highest BCUT2D eigenvalue weighted by molar-refractivity contribution is 7.89. The summed E-state index contributed by atoms with van der Waals surface area (Å²) in [6, 6.07) is 0.210. The molecular formula is C11H24N2O2S. The molecule has 0 bridgehead atoms. The standard InChI is InChI=1S/C11H24N2O2S/c1-3-4-6-10(2)13-16(14,15)9-11-7-5-8-12-11/h10-13H,3-9H2,1-2H3. The van der Waals surface area contributed by atoms with Gasteiger partial charge in [-0.05, 0) is 32.7 Å². The van der Waals surface area contributed by atoms with E-state index in [2.05, 4.69) is 17.0 Å². The normalized spacial score (nSPS) is 23.5. The van der Waals surface area contributed by atoms with Gasteiger partial charge in [0.15, 0.2) is 0 Å². The molecule has 0 aromatic carbocycles. The maximum absolute atomic E-state index is 11.8. The number of unbranched alkanes of at least 4 members (excludes halogenated alkanes) is 1. The van der Waals surface area contributed by atoms with Crippen molar-refractivity contribution in [2.24, 2.45) is 0 Å². The Hall–Kier alpha value is -0.130. The lowest BCUT2D eigenvalue weighted by atomic mass is 10.2. The lowest BCUT2D eigenvalue weighted by Gasteiger charge is -2.16. The van der Waals surface area contributed by atoms with E-state index in [1.165, 1.54) is 0 Å². The van der Waals surface area contributed by atoms with Gasteiger partial charge in [0, 0.05) is 12.1 Å². The molecule has 1 rings (SSSR count). The van der Waals surface area contributed by atoms with Crippen LogP contribution in [0.5, 0.6) is 0 Å². The summed E-state index contributed by atoms with van der Waals surface area (Å²) in [6.45, 7) is 5.00. The fraction of sp³-hybridized carbons (Fsp3) is 1.00. The lowest BCUT2D eigenvalue weighted by Crippen LogP contribution is -2.40. The Morgan fingerprint density at radius 3 is 2.81 bits per heavy atom. The van der Waals surface area contributed by atoms with E-state index in [0.29, 0.717) is 0 Å². The molecule has 1 aliphatic heterocycles. The third-order valence-electron chi connectivity index (χ3n) is 2.95. The van der Waals surface area contributed by atoms with Gasteiger partial charge in [-0.3, -0.25) is 0 Å². The second-order valence-corrected chi connectivity index (χ2v) is 6.53. The van der Waals surface area contributed by atoms with Gasteiger partial charge in [0.25, 0.3) is 0 Å². The first kappa shape index (κ1) is 13.9. The summed E-state index contributed by atoms with van der Waals surface area (Å²) < 4.78 is 26.4. The molecule has 1 heterocycles. The third-order valence-corrected chi connectivity index (χ3v) is 4.56. The van der Waals surface area contributed by atoms with Crippen molar-refractivity contribution in [3.63, 3.8) is 0 Å². The average Bonchev–Trinajstić information content (AvgIpc) is 2.65. The SMILES string of the molecule is CCCCC(C)NS(=O)(=O)CC1CCCN1. The molecule has 0 saturated carbocycles. The highest BCUT2D eigenvalue weighted by Crippen LogP contribution is 2.08. The van der Waals surface area contributed by atoms with Crippen LogP contribution in [0, 0.1) is 0 Å². The second kappa shape index (κ2) is 6.57. The van der Waals surface area contributed by atoms with Crippen molar-refractivity contribution in [1.82, 2.24) is 10.0 Å². The van der Waals surface area contributed by atoms with E-state index < -0.39 is 10.0 Å². The fourth-order valence-electron chi connectivity index (χ4n) is 2.09. The molecule has 96 valence electrons.